The van der Waals surface area contributed by atoms with Crippen LogP contribution >= 0.6 is 0 Å². The zero-order valence-corrected chi connectivity index (χ0v) is 14.7. The molecule has 5 nitrogen and oxygen atoms in total. The van der Waals surface area contributed by atoms with Gasteiger partial charge in [0.1, 0.15) is 5.60 Å². The Morgan fingerprint density at radius 1 is 1.04 bits per heavy atom. The van der Waals surface area contributed by atoms with Crippen molar-refractivity contribution in [3.05, 3.63) is 59.7 Å². The van der Waals surface area contributed by atoms with Gasteiger partial charge in [-0.2, -0.15) is 0 Å². The van der Waals surface area contributed by atoms with Gasteiger partial charge in [-0.15, -0.1) is 0 Å². The van der Waals surface area contributed by atoms with Crippen molar-refractivity contribution in [2.75, 3.05) is 23.3 Å². The average molecular weight is 338 g/mol. The fourth-order valence-corrected chi connectivity index (χ4v) is 2.80. The van der Waals surface area contributed by atoms with Gasteiger partial charge in [-0.05, 0) is 32.9 Å². The van der Waals surface area contributed by atoms with E-state index in [4.69, 9.17) is 4.74 Å². The number of rotatable bonds is 2. The summed E-state index contributed by atoms with van der Waals surface area (Å²) in [5, 5.41) is 3.26. The van der Waals surface area contributed by atoms with Gasteiger partial charge in [0.2, 0.25) is 0 Å². The lowest BCUT2D eigenvalue weighted by atomic mass is 9.99. The highest BCUT2D eigenvalue weighted by atomic mass is 16.6. The molecule has 1 N–H and O–H groups in total. The van der Waals surface area contributed by atoms with Gasteiger partial charge in [0, 0.05) is 24.2 Å². The maximum absolute atomic E-state index is 12.8. The molecule has 25 heavy (non-hydrogen) atoms. The SMILES string of the molecule is CC(C)(C)OC(=O)N1CCNc2c(C(=O)c3ccccc3)cccc21. The van der Waals surface area contributed by atoms with Gasteiger partial charge in [0.15, 0.2) is 5.78 Å². The number of para-hydroxylation sites is 1. The molecule has 0 aliphatic carbocycles. The molecular formula is C20H22N2O3. The summed E-state index contributed by atoms with van der Waals surface area (Å²) in [6, 6.07) is 14.5. The van der Waals surface area contributed by atoms with Crippen molar-refractivity contribution >= 4 is 23.3 Å². The van der Waals surface area contributed by atoms with Crippen molar-refractivity contribution < 1.29 is 14.3 Å². The zero-order chi connectivity index (χ0) is 18.0. The first-order valence-corrected chi connectivity index (χ1v) is 8.34. The van der Waals surface area contributed by atoms with Crippen LogP contribution in [0.2, 0.25) is 0 Å². The minimum atomic E-state index is -0.570. The van der Waals surface area contributed by atoms with Gasteiger partial charge in [0.05, 0.1) is 11.4 Å². The molecule has 2 aromatic rings. The van der Waals surface area contributed by atoms with Crippen LogP contribution in [0.5, 0.6) is 0 Å². The van der Waals surface area contributed by atoms with E-state index in [9.17, 15) is 9.59 Å². The van der Waals surface area contributed by atoms with Crippen molar-refractivity contribution in [1.82, 2.24) is 0 Å². The first-order valence-electron chi connectivity index (χ1n) is 8.34. The first kappa shape index (κ1) is 17.0. The molecule has 1 heterocycles. The molecule has 0 fully saturated rings. The van der Waals surface area contributed by atoms with E-state index < -0.39 is 11.7 Å². The molecule has 1 aliphatic heterocycles. The van der Waals surface area contributed by atoms with E-state index in [1.807, 2.05) is 45.0 Å². The fourth-order valence-electron chi connectivity index (χ4n) is 2.80. The summed E-state index contributed by atoms with van der Waals surface area (Å²) in [4.78, 5) is 26.9. The number of ether oxygens (including phenoxy) is 1. The topological polar surface area (TPSA) is 58.6 Å². The number of amides is 1. The second-order valence-corrected chi connectivity index (χ2v) is 6.95. The molecule has 0 saturated carbocycles. The molecule has 3 rings (SSSR count). The monoisotopic (exact) mass is 338 g/mol. The number of benzene rings is 2. The summed E-state index contributed by atoms with van der Waals surface area (Å²) in [6.07, 6.45) is -0.403. The molecular weight excluding hydrogens is 316 g/mol. The number of hydrogen-bond donors (Lipinski definition) is 1. The molecule has 0 atom stereocenters. The summed E-state index contributed by atoms with van der Waals surface area (Å²) in [5.41, 5.74) is 1.94. The van der Waals surface area contributed by atoms with Gasteiger partial charge < -0.3 is 10.1 Å². The van der Waals surface area contributed by atoms with Gasteiger partial charge in [-0.1, -0.05) is 36.4 Å². The van der Waals surface area contributed by atoms with E-state index in [0.29, 0.717) is 35.6 Å². The Bertz CT molecular complexity index is 794. The highest BCUT2D eigenvalue weighted by Crippen LogP contribution is 2.34. The van der Waals surface area contributed by atoms with Crippen LogP contribution < -0.4 is 10.2 Å². The number of nitrogens with one attached hydrogen (secondary N) is 1. The Morgan fingerprint density at radius 3 is 2.44 bits per heavy atom. The Hall–Kier alpha value is -2.82. The molecule has 130 valence electrons. The number of carbonyl (C=O) groups excluding carboxylic acids is 2. The van der Waals surface area contributed by atoms with E-state index in [-0.39, 0.29) is 5.78 Å². The number of anilines is 2. The molecule has 0 unspecified atom stereocenters. The maximum atomic E-state index is 12.8. The maximum Gasteiger partial charge on any atom is 0.414 e. The van der Waals surface area contributed by atoms with Crippen LogP contribution in [0.1, 0.15) is 36.7 Å². The summed E-state index contributed by atoms with van der Waals surface area (Å²) in [6.45, 7) is 6.56. The van der Waals surface area contributed by atoms with Crippen molar-refractivity contribution in [3.63, 3.8) is 0 Å². The normalized spacial score (nSPS) is 13.6. The summed E-state index contributed by atoms with van der Waals surface area (Å²) in [5.74, 6) is -0.0732. The predicted octanol–water partition coefficient (Wildman–Crippen LogP) is 4.08. The van der Waals surface area contributed by atoms with Crippen molar-refractivity contribution in [3.8, 4) is 0 Å². The highest BCUT2D eigenvalue weighted by molar-refractivity contribution is 6.14. The Morgan fingerprint density at radius 2 is 1.76 bits per heavy atom. The van der Waals surface area contributed by atoms with Crippen LogP contribution in [0.3, 0.4) is 0 Å². The lowest BCUT2D eigenvalue weighted by Gasteiger charge is -2.33. The number of hydrogen-bond acceptors (Lipinski definition) is 4. The smallest absolute Gasteiger partial charge is 0.414 e. The summed E-state index contributed by atoms with van der Waals surface area (Å²) in [7, 11) is 0. The van der Waals surface area contributed by atoms with Gasteiger partial charge in [0.25, 0.3) is 0 Å². The third kappa shape index (κ3) is 3.65. The number of fused-ring (bicyclic) bond motifs is 1. The predicted molar refractivity (Wildman–Crippen MR) is 98.4 cm³/mol. The minimum Gasteiger partial charge on any atom is -0.443 e. The van der Waals surface area contributed by atoms with Crippen molar-refractivity contribution in [2.45, 2.75) is 26.4 Å². The number of nitrogens with zero attached hydrogens (tertiary/aromatic N) is 1. The highest BCUT2D eigenvalue weighted by Gasteiger charge is 2.29. The molecule has 5 heteroatoms. The quantitative estimate of drug-likeness (QED) is 0.838. The lowest BCUT2D eigenvalue weighted by Crippen LogP contribution is -2.42. The number of carbonyl (C=O) groups is 2. The van der Waals surface area contributed by atoms with Gasteiger partial charge >= 0.3 is 6.09 Å². The summed E-state index contributed by atoms with van der Waals surface area (Å²) >= 11 is 0. The second-order valence-electron chi connectivity index (χ2n) is 6.95. The Kier molecular flexibility index (Phi) is 4.49. The standard InChI is InChI=1S/C20H22N2O3/c1-20(2,3)25-19(24)22-13-12-21-17-15(10-7-11-16(17)22)18(23)14-8-5-4-6-9-14/h4-11,21H,12-13H2,1-3H3. The Labute approximate surface area is 147 Å². The lowest BCUT2D eigenvalue weighted by molar-refractivity contribution is 0.0580. The molecule has 0 aromatic heterocycles. The zero-order valence-electron chi connectivity index (χ0n) is 14.7. The van der Waals surface area contributed by atoms with Crippen LogP contribution in [0.15, 0.2) is 48.5 Å². The fraction of sp³-hybridized carbons (Fsp3) is 0.300. The van der Waals surface area contributed by atoms with Crippen molar-refractivity contribution in [2.24, 2.45) is 0 Å². The molecule has 1 amide bonds. The van der Waals surface area contributed by atoms with E-state index in [1.54, 1.807) is 29.2 Å². The van der Waals surface area contributed by atoms with E-state index in [2.05, 4.69) is 5.32 Å². The Balaban J connectivity index is 1.97. The third-order valence-electron chi connectivity index (χ3n) is 3.86. The summed E-state index contributed by atoms with van der Waals surface area (Å²) < 4.78 is 5.49. The van der Waals surface area contributed by atoms with Crippen LogP contribution in [0.25, 0.3) is 0 Å². The largest absolute Gasteiger partial charge is 0.443 e. The van der Waals surface area contributed by atoms with Crippen LogP contribution in [0.4, 0.5) is 16.2 Å². The van der Waals surface area contributed by atoms with Gasteiger partial charge in [-0.25, -0.2) is 4.79 Å². The van der Waals surface area contributed by atoms with E-state index in [1.165, 1.54) is 0 Å². The van der Waals surface area contributed by atoms with Gasteiger partial charge in [-0.3, -0.25) is 9.69 Å². The molecule has 0 spiro atoms. The molecule has 0 bridgehead atoms. The third-order valence-corrected chi connectivity index (χ3v) is 3.86. The average Bonchev–Trinajstić information content (AvgIpc) is 2.59. The molecule has 0 radical (unpaired) electrons. The van der Waals surface area contributed by atoms with Crippen LogP contribution in [0, 0.1) is 0 Å². The second kappa shape index (κ2) is 6.59. The molecule has 0 saturated heterocycles. The number of ketones is 1. The van der Waals surface area contributed by atoms with E-state index in [0.717, 1.165) is 0 Å². The molecule has 2 aromatic carbocycles. The van der Waals surface area contributed by atoms with E-state index >= 15 is 0 Å². The van der Waals surface area contributed by atoms with Crippen LogP contribution in [-0.4, -0.2) is 30.6 Å². The minimum absolute atomic E-state index is 0.0732. The van der Waals surface area contributed by atoms with Crippen LogP contribution in [-0.2, 0) is 4.74 Å². The molecule has 1 aliphatic rings. The first-order chi connectivity index (χ1) is 11.9. The van der Waals surface area contributed by atoms with Crippen molar-refractivity contribution in [1.29, 1.82) is 0 Å².